The molecule has 0 saturated carbocycles. The summed E-state index contributed by atoms with van der Waals surface area (Å²) in [6, 6.07) is 22.1. The number of hydrogen-bond acceptors (Lipinski definition) is 4. The summed E-state index contributed by atoms with van der Waals surface area (Å²) in [5, 5.41) is 12.7. The van der Waals surface area contributed by atoms with E-state index in [-0.39, 0.29) is 6.04 Å². The van der Waals surface area contributed by atoms with Crippen molar-refractivity contribution >= 4 is 5.82 Å². The van der Waals surface area contributed by atoms with E-state index in [2.05, 4.69) is 16.4 Å². The Morgan fingerprint density at radius 3 is 1.79 bits per heavy atom. The van der Waals surface area contributed by atoms with E-state index in [1.807, 2.05) is 74.5 Å². The number of hydrogen-bond donors (Lipinski definition) is 1. The zero-order valence-electron chi connectivity index (χ0n) is 13.7. The maximum Gasteiger partial charge on any atom is 0.183 e. The molecule has 2 aromatic carbocycles. The highest BCUT2D eigenvalue weighted by Gasteiger charge is 2.16. The summed E-state index contributed by atoms with van der Waals surface area (Å²) in [4.78, 5) is 9.34. The molecule has 0 bridgehead atoms. The molecule has 1 heterocycles. The van der Waals surface area contributed by atoms with Gasteiger partial charge in [-0.25, -0.2) is 9.97 Å². The van der Waals surface area contributed by atoms with Gasteiger partial charge in [-0.2, -0.15) is 5.26 Å². The van der Waals surface area contributed by atoms with Crippen LogP contribution in [0.1, 0.15) is 19.5 Å². The minimum Gasteiger partial charge on any atom is -0.365 e. The normalized spacial score (nSPS) is 10.4. The highest BCUT2D eigenvalue weighted by molar-refractivity contribution is 5.79. The molecule has 1 N–H and O–H groups in total. The standard InChI is InChI=1S/C20H18N4/c1-14(2)22-20-17(13-21)23-18(15-9-5-3-6-10-15)19(24-20)16-11-7-4-8-12-16/h3-12,14H,1-2H3,(H,22,24). The van der Waals surface area contributed by atoms with E-state index < -0.39 is 0 Å². The molecular weight excluding hydrogens is 296 g/mol. The lowest BCUT2D eigenvalue weighted by Crippen LogP contribution is -2.14. The summed E-state index contributed by atoms with van der Waals surface area (Å²) in [7, 11) is 0. The number of nitriles is 1. The van der Waals surface area contributed by atoms with Crippen molar-refractivity contribution < 1.29 is 0 Å². The Balaban J connectivity index is 2.25. The average Bonchev–Trinajstić information content (AvgIpc) is 2.62. The predicted molar refractivity (Wildman–Crippen MR) is 96.4 cm³/mol. The summed E-state index contributed by atoms with van der Waals surface area (Å²) >= 11 is 0. The van der Waals surface area contributed by atoms with E-state index in [9.17, 15) is 5.26 Å². The van der Waals surface area contributed by atoms with Gasteiger partial charge in [0.25, 0.3) is 0 Å². The molecule has 0 radical (unpaired) electrons. The summed E-state index contributed by atoms with van der Waals surface area (Å²) in [6.45, 7) is 4.02. The van der Waals surface area contributed by atoms with Crippen molar-refractivity contribution in [1.82, 2.24) is 9.97 Å². The van der Waals surface area contributed by atoms with Gasteiger partial charge in [0.15, 0.2) is 11.5 Å². The second kappa shape index (κ2) is 6.93. The van der Waals surface area contributed by atoms with Gasteiger partial charge in [0.05, 0.1) is 11.4 Å². The van der Waals surface area contributed by atoms with Crippen molar-refractivity contribution in [3.05, 3.63) is 66.4 Å². The first-order valence-corrected chi connectivity index (χ1v) is 7.88. The fourth-order valence-electron chi connectivity index (χ4n) is 2.48. The third kappa shape index (κ3) is 3.26. The van der Waals surface area contributed by atoms with Gasteiger partial charge in [0.1, 0.15) is 6.07 Å². The highest BCUT2D eigenvalue weighted by atomic mass is 15.0. The van der Waals surface area contributed by atoms with Crippen LogP contribution >= 0.6 is 0 Å². The molecule has 0 aliphatic rings. The predicted octanol–water partition coefficient (Wildman–Crippen LogP) is 4.50. The second-order valence-corrected chi connectivity index (χ2v) is 5.76. The lowest BCUT2D eigenvalue weighted by molar-refractivity contribution is 0.884. The van der Waals surface area contributed by atoms with E-state index >= 15 is 0 Å². The molecule has 0 atom stereocenters. The van der Waals surface area contributed by atoms with Gasteiger partial charge in [-0.3, -0.25) is 0 Å². The minimum atomic E-state index is 0.164. The Kier molecular flexibility index (Phi) is 4.53. The topological polar surface area (TPSA) is 61.6 Å². The van der Waals surface area contributed by atoms with Gasteiger partial charge in [-0.15, -0.1) is 0 Å². The molecular formula is C20H18N4. The fourth-order valence-corrected chi connectivity index (χ4v) is 2.48. The quantitative estimate of drug-likeness (QED) is 0.770. The molecule has 3 aromatic rings. The maximum absolute atomic E-state index is 9.47. The van der Waals surface area contributed by atoms with Gasteiger partial charge in [0, 0.05) is 17.2 Å². The van der Waals surface area contributed by atoms with Crippen LogP contribution < -0.4 is 5.32 Å². The van der Waals surface area contributed by atoms with Gasteiger partial charge < -0.3 is 5.32 Å². The van der Waals surface area contributed by atoms with Crippen molar-refractivity contribution in [3.8, 4) is 28.6 Å². The Bertz CT molecular complexity index is 865. The molecule has 0 amide bonds. The number of nitrogens with zero attached hydrogens (tertiary/aromatic N) is 3. The number of benzene rings is 2. The molecule has 0 unspecified atom stereocenters. The van der Waals surface area contributed by atoms with Gasteiger partial charge in [-0.1, -0.05) is 60.7 Å². The summed E-state index contributed by atoms with van der Waals surface area (Å²) in [5.41, 5.74) is 3.70. The molecule has 0 fully saturated rings. The second-order valence-electron chi connectivity index (χ2n) is 5.76. The Hall–Kier alpha value is -3.19. The van der Waals surface area contributed by atoms with E-state index in [1.165, 1.54) is 0 Å². The van der Waals surface area contributed by atoms with Crippen LogP contribution in [0.5, 0.6) is 0 Å². The molecule has 4 heteroatoms. The van der Waals surface area contributed by atoms with Crippen LogP contribution in [0.4, 0.5) is 5.82 Å². The Morgan fingerprint density at radius 2 is 1.33 bits per heavy atom. The van der Waals surface area contributed by atoms with Crippen LogP contribution in [0, 0.1) is 11.3 Å². The third-order valence-corrected chi connectivity index (χ3v) is 3.52. The smallest absolute Gasteiger partial charge is 0.183 e. The largest absolute Gasteiger partial charge is 0.365 e. The molecule has 0 spiro atoms. The molecule has 118 valence electrons. The number of rotatable bonds is 4. The van der Waals surface area contributed by atoms with Crippen molar-refractivity contribution in [2.24, 2.45) is 0 Å². The van der Waals surface area contributed by atoms with Gasteiger partial charge in [-0.05, 0) is 13.8 Å². The Morgan fingerprint density at radius 1 is 0.833 bits per heavy atom. The third-order valence-electron chi connectivity index (χ3n) is 3.52. The van der Waals surface area contributed by atoms with Crippen molar-refractivity contribution in [3.63, 3.8) is 0 Å². The van der Waals surface area contributed by atoms with Gasteiger partial charge in [0.2, 0.25) is 0 Å². The zero-order chi connectivity index (χ0) is 16.9. The van der Waals surface area contributed by atoms with E-state index in [1.54, 1.807) is 0 Å². The SMILES string of the molecule is CC(C)Nc1nc(-c2ccccc2)c(-c2ccccc2)nc1C#N. The molecule has 24 heavy (non-hydrogen) atoms. The summed E-state index contributed by atoms with van der Waals surface area (Å²) in [5.74, 6) is 0.519. The first kappa shape index (κ1) is 15.7. The van der Waals surface area contributed by atoms with Crippen molar-refractivity contribution in [1.29, 1.82) is 5.26 Å². The van der Waals surface area contributed by atoms with Crippen LogP contribution in [-0.2, 0) is 0 Å². The lowest BCUT2D eigenvalue weighted by atomic mass is 10.0. The molecule has 4 nitrogen and oxygen atoms in total. The molecule has 0 aliphatic carbocycles. The molecule has 0 saturated heterocycles. The average molecular weight is 314 g/mol. The number of nitrogens with one attached hydrogen (secondary N) is 1. The first-order chi connectivity index (χ1) is 11.7. The summed E-state index contributed by atoms with van der Waals surface area (Å²) < 4.78 is 0. The number of aromatic nitrogens is 2. The van der Waals surface area contributed by atoms with Gasteiger partial charge >= 0.3 is 0 Å². The fraction of sp³-hybridized carbons (Fsp3) is 0.150. The van der Waals surface area contributed by atoms with Crippen LogP contribution in [0.2, 0.25) is 0 Å². The Labute approximate surface area is 141 Å². The first-order valence-electron chi connectivity index (χ1n) is 7.88. The van der Waals surface area contributed by atoms with E-state index in [0.717, 1.165) is 16.8 Å². The lowest BCUT2D eigenvalue weighted by Gasteiger charge is -2.15. The van der Waals surface area contributed by atoms with E-state index in [4.69, 9.17) is 4.98 Å². The van der Waals surface area contributed by atoms with Crippen molar-refractivity contribution in [2.75, 3.05) is 5.32 Å². The van der Waals surface area contributed by atoms with Crippen molar-refractivity contribution in [2.45, 2.75) is 19.9 Å². The molecule has 3 rings (SSSR count). The minimum absolute atomic E-state index is 0.164. The monoisotopic (exact) mass is 314 g/mol. The molecule has 1 aromatic heterocycles. The van der Waals surface area contributed by atoms with Crippen LogP contribution in [-0.4, -0.2) is 16.0 Å². The zero-order valence-corrected chi connectivity index (χ0v) is 13.7. The number of anilines is 1. The van der Waals surface area contributed by atoms with Crippen LogP contribution in [0.25, 0.3) is 22.5 Å². The van der Waals surface area contributed by atoms with E-state index in [0.29, 0.717) is 17.2 Å². The van der Waals surface area contributed by atoms with Crippen LogP contribution in [0.3, 0.4) is 0 Å². The highest BCUT2D eigenvalue weighted by Crippen LogP contribution is 2.31. The molecule has 0 aliphatic heterocycles. The van der Waals surface area contributed by atoms with Crippen LogP contribution in [0.15, 0.2) is 60.7 Å². The maximum atomic E-state index is 9.47. The summed E-state index contributed by atoms with van der Waals surface area (Å²) in [6.07, 6.45) is 0.